The number of halogens is 3. The zero-order valence-corrected chi connectivity index (χ0v) is 24.7. The van der Waals surface area contributed by atoms with E-state index in [4.69, 9.17) is 4.74 Å². The summed E-state index contributed by atoms with van der Waals surface area (Å²) in [5.41, 5.74) is 3.98. The van der Waals surface area contributed by atoms with E-state index in [1.165, 1.54) is 49.2 Å². The number of hydrogen-bond acceptors (Lipinski definition) is 8. The molecule has 0 unspecified atom stereocenters. The molecule has 13 nitrogen and oxygen atoms in total. The Morgan fingerprint density at radius 2 is 1.76 bits per heavy atom. The number of rotatable bonds is 8. The molecule has 2 amide bonds. The topological polar surface area (TPSA) is 139 Å². The van der Waals surface area contributed by atoms with Gasteiger partial charge in [0.15, 0.2) is 5.65 Å². The summed E-state index contributed by atoms with van der Waals surface area (Å²) in [4.78, 5) is 41.8. The number of aromatic nitrogens is 4. The van der Waals surface area contributed by atoms with Gasteiger partial charge in [-0.3, -0.25) is 20.2 Å². The molecule has 0 fully saturated rings. The maximum atomic E-state index is 14.2. The van der Waals surface area contributed by atoms with Crippen molar-refractivity contribution in [2.24, 2.45) is 0 Å². The second kappa shape index (κ2) is 12.2. The van der Waals surface area contributed by atoms with Crippen molar-refractivity contribution in [2.45, 2.75) is 19.3 Å². The molecule has 0 saturated heterocycles. The number of nitrogens with one attached hydrogen (secondary N) is 4. The molecule has 16 heteroatoms. The number of fused-ring (bicyclic) bond motifs is 1. The number of carbonyl (C=O) groups excluding carboxylic acids is 1. The van der Waals surface area contributed by atoms with Crippen LogP contribution in [0.15, 0.2) is 76.2 Å². The number of amides is 2. The summed E-state index contributed by atoms with van der Waals surface area (Å²) in [6, 6.07) is 11.1. The minimum atomic E-state index is -4.69. The lowest BCUT2D eigenvalue weighted by Crippen LogP contribution is -2.46. The van der Waals surface area contributed by atoms with Crippen LogP contribution in [0.1, 0.15) is 16.8 Å². The van der Waals surface area contributed by atoms with Crippen LogP contribution in [-0.2, 0) is 24.0 Å². The first-order chi connectivity index (χ1) is 21.4. The van der Waals surface area contributed by atoms with E-state index in [1.807, 2.05) is 0 Å². The zero-order chi connectivity index (χ0) is 32.5. The van der Waals surface area contributed by atoms with Crippen molar-refractivity contribution in [2.75, 3.05) is 33.6 Å². The molecular formula is C29H30F3N9O4. The van der Waals surface area contributed by atoms with Crippen molar-refractivity contribution in [3.05, 3.63) is 104 Å². The number of methoxy groups -OCH3 is 1. The first kappa shape index (κ1) is 30.9. The summed E-state index contributed by atoms with van der Waals surface area (Å²) in [6.07, 6.45) is -1.76. The normalized spacial score (nSPS) is 13.2. The zero-order valence-electron chi connectivity index (χ0n) is 24.7. The Morgan fingerprint density at radius 3 is 2.36 bits per heavy atom. The van der Waals surface area contributed by atoms with E-state index in [0.29, 0.717) is 23.0 Å². The van der Waals surface area contributed by atoms with Gasteiger partial charge in [-0.05, 0) is 56.1 Å². The van der Waals surface area contributed by atoms with Gasteiger partial charge in [-0.1, -0.05) is 18.2 Å². The number of hydrazine groups is 1. The smallest absolute Gasteiger partial charge is 0.416 e. The summed E-state index contributed by atoms with van der Waals surface area (Å²) >= 11 is 0. The molecule has 2 aromatic carbocycles. The van der Waals surface area contributed by atoms with E-state index in [1.54, 1.807) is 43.3 Å². The van der Waals surface area contributed by atoms with E-state index in [9.17, 15) is 27.6 Å². The van der Waals surface area contributed by atoms with Gasteiger partial charge in [0.1, 0.15) is 11.2 Å². The summed E-state index contributed by atoms with van der Waals surface area (Å²) in [5.74, 6) is 0.335. The molecule has 0 radical (unpaired) electrons. The number of nitrogens with zero attached hydrogens (tertiary/aromatic N) is 5. The van der Waals surface area contributed by atoms with Crippen molar-refractivity contribution in [3.8, 4) is 5.69 Å². The summed E-state index contributed by atoms with van der Waals surface area (Å²) < 4.78 is 50.5. The van der Waals surface area contributed by atoms with Gasteiger partial charge in [-0.25, -0.2) is 18.8 Å². The number of hydrogen-bond donors (Lipinski definition) is 4. The Kier molecular flexibility index (Phi) is 8.41. The average molecular weight is 626 g/mol. The molecule has 0 bridgehead atoms. The van der Waals surface area contributed by atoms with Gasteiger partial charge in [-0.15, -0.1) is 5.10 Å². The lowest BCUT2D eigenvalue weighted by molar-refractivity contribution is -0.138. The molecule has 236 valence electrons. The number of anilines is 1. The molecule has 4 N–H and O–H groups in total. The standard InChI is InChI=1S/C29H30F3N9O4/c1-33-27(43)34-18-9-11-19(12-10-18)41-21(16-38(2)3)24-25(37-41)39(15-17-7-5-6-8-20(17)29(30,31)32)28(44)40(26(24)42)22-13-14-23(45-4)36-35-22/h5-14,35-36H,15-16H2,1-4H3,(H2,33,34,43). The Hall–Kier alpha value is -5.51. The third-order valence-corrected chi connectivity index (χ3v) is 6.94. The summed E-state index contributed by atoms with van der Waals surface area (Å²) in [5, 5.41) is 9.78. The molecule has 0 atom stereocenters. The molecule has 0 saturated carbocycles. The van der Waals surface area contributed by atoms with Crippen LogP contribution in [0.4, 0.5) is 23.7 Å². The van der Waals surface area contributed by atoms with E-state index >= 15 is 0 Å². The van der Waals surface area contributed by atoms with E-state index < -0.39 is 35.6 Å². The summed E-state index contributed by atoms with van der Waals surface area (Å²) in [6.45, 7) is -0.349. The number of allylic oxidation sites excluding steroid dienone is 2. The molecule has 1 aliphatic heterocycles. The number of alkyl halides is 3. The minimum Gasteiger partial charge on any atom is -0.481 e. The highest BCUT2D eigenvalue weighted by molar-refractivity contribution is 5.89. The van der Waals surface area contributed by atoms with Crippen molar-refractivity contribution < 1.29 is 22.7 Å². The van der Waals surface area contributed by atoms with Gasteiger partial charge in [0, 0.05) is 25.4 Å². The van der Waals surface area contributed by atoms with Gasteiger partial charge in [-0.2, -0.15) is 13.2 Å². The van der Waals surface area contributed by atoms with Gasteiger partial charge in [0.2, 0.25) is 5.88 Å². The SMILES string of the molecule is CNC(=O)Nc1ccc(-n2nc3c(c2CN(C)C)c(=O)n(C2=CC=C(OC)NN2)c(=O)n3Cc2ccccc2C(F)(F)F)cc1. The van der Waals surface area contributed by atoms with E-state index in [0.717, 1.165) is 15.2 Å². The Morgan fingerprint density at radius 1 is 1.04 bits per heavy atom. The second-order valence-electron chi connectivity index (χ2n) is 10.2. The van der Waals surface area contributed by atoms with Gasteiger partial charge in [0.05, 0.1) is 30.6 Å². The highest BCUT2D eigenvalue weighted by atomic mass is 19.4. The first-order valence-electron chi connectivity index (χ1n) is 13.6. The number of benzene rings is 2. The Bertz CT molecular complexity index is 1940. The third-order valence-electron chi connectivity index (χ3n) is 6.94. The summed E-state index contributed by atoms with van der Waals surface area (Å²) in [7, 11) is 6.46. The van der Waals surface area contributed by atoms with Crippen molar-refractivity contribution in [3.63, 3.8) is 0 Å². The highest BCUT2D eigenvalue weighted by Gasteiger charge is 2.34. The molecule has 5 rings (SSSR count). The minimum absolute atomic E-state index is 0.0266. The van der Waals surface area contributed by atoms with Crippen molar-refractivity contribution >= 4 is 28.6 Å². The van der Waals surface area contributed by atoms with E-state index in [2.05, 4.69) is 26.6 Å². The number of urea groups is 1. The first-order valence-corrected chi connectivity index (χ1v) is 13.6. The van der Waals surface area contributed by atoms with Crippen molar-refractivity contribution in [1.29, 1.82) is 0 Å². The van der Waals surface area contributed by atoms with Crippen LogP contribution in [0.5, 0.6) is 0 Å². The van der Waals surface area contributed by atoms with Crippen LogP contribution in [0, 0.1) is 0 Å². The molecule has 4 aromatic rings. The average Bonchev–Trinajstić information content (AvgIpc) is 3.38. The molecule has 2 aromatic heterocycles. The maximum Gasteiger partial charge on any atom is 0.416 e. The third kappa shape index (κ3) is 6.12. The van der Waals surface area contributed by atoms with Gasteiger partial charge in [0.25, 0.3) is 5.56 Å². The van der Waals surface area contributed by atoms with Crippen LogP contribution in [0.25, 0.3) is 22.5 Å². The molecule has 3 heterocycles. The van der Waals surface area contributed by atoms with Crippen LogP contribution < -0.4 is 32.7 Å². The Labute approximate surface area is 254 Å². The van der Waals surface area contributed by atoms with Crippen molar-refractivity contribution in [1.82, 2.24) is 40.0 Å². The van der Waals surface area contributed by atoms with E-state index in [-0.39, 0.29) is 29.0 Å². The second-order valence-corrected chi connectivity index (χ2v) is 10.2. The lowest BCUT2D eigenvalue weighted by atomic mass is 10.1. The predicted octanol–water partition coefficient (Wildman–Crippen LogP) is 2.62. The largest absolute Gasteiger partial charge is 0.481 e. The fraction of sp³-hybridized carbons (Fsp3) is 0.241. The number of ether oxygens (including phenoxy) is 1. The van der Waals surface area contributed by atoms with Crippen LogP contribution in [-0.4, -0.2) is 58.1 Å². The molecular weight excluding hydrogens is 595 g/mol. The predicted molar refractivity (Wildman–Crippen MR) is 161 cm³/mol. The fourth-order valence-electron chi connectivity index (χ4n) is 4.87. The van der Waals surface area contributed by atoms with Crippen LogP contribution in [0.2, 0.25) is 0 Å². The molecule has 0 aliphatic carbocycles. The lowest BCUT2D eigenvalue weighted by Gasteiger charge is -2.20. The van der Waals surface area contributed by atoms with Crippen LogP contribution in [0.3, 0.4) is 0 Å². The van der Waals surface area contributed by atoms with Crippen LogP contribution >= 0.6 is 0 Å². The fourth-order valence-corrected chi connectivity index (χ4v) is 4.87. The highest BCUT2D eigenvalue weighted by Crippen LogP contribution is 2.32. The quantitative estimate of drug-likeness (QED) is 0.235. The Balaban J connectivity index is 1.80. The molecule has 1 aliphatic rings. The molecule has 45 heavy (non-hydrogen) atoms. The molecule has 0 spiro atoms. The maximum absolute atomic E-state index is 14.2. The number of carbonyl (C=O) groups is 1. The monoisotopic (exact) mass is 625 g/mol. The van der Waals surface area contributed by atoms with Gasteiger partial charge >= 0.3 is 17.9 Å². The van der Waals surface area contributed by atoms with Gasteiger partial charge < -0.3 is 20.3 Å².